The normalized spacial score (nSPS) is 21.8. The topological polar surface area (TPSA) is 21.3 Å². The first kappa shape index (κ1) is 13.0. The van der Waals surface area contributed by atoms with Crippen molar-refractivity contribution in [2.45, 2.75) is 70.9 Å². The summed E-state index contributed by atoms with van der Waals surface area (Å²) < 4.78 is 6.10. The molecule has 1 aliphatic rings. The Morgan fingerprint density at radius 1 is 1.20 bits per heavy atom. The summed E-state index contributed by atoms with van der Waals surface area (Å²) in [5.41, 5.74) is 0.154. The molecule has 0 bridgehead atoms. The molecule has 0 heterocycles. The number of likely N-dealkylation sites (N-methyl/N-ethyl adjacent to an activating group) is 1. The minimum atomic E-state index is 0.154. The average molecular weight is 213 g/mol. The predicted molar refractivity (Wildman–Crippen MR) is 65.2 cm³/mol. The molecule has 1 N–H and O–H groups in total. The molecule has 0 aromatic rings. The van der Waals surface area contributed by atoms with Crippen LogP contribution in [0.5, 0.6) is 0 Å². The molecule has 2 nitrogen and oxygen atoms in total. The number of hydrogen-bond donors (Lipinski definition) is 1. The number of rotatable bonds is 7. The van der Waals surface area contributed by atoms with Crippen molar-refractivity contribution >= 4 is 0 Å². The van der Waals surface area contributed by atoms with Crippen LogP contribution in [-0.2, 0) is 4.74 Å². The van der Waals surface area contributed by atoms with Gasteiger partial charge in [-0.15, -0.1) is 0 Å². The molecule has 0 aromatic heterocycles. The zero-order valence-corrected chi connectivity index (χ0v) is 10.6. The zero-order chi connectivity index (χ0) is 11.1. The van der Waals surface area contributed by atoms with Gasteiger partial charge < -0.3 is 10.1 Å². The first-order chi connectivity index (χ1) is 7.29. The summed E-state index contributed by atoms with van der Waals surface area (Å²) in [6.45, 7) is 8.48. The Labute approximate surface area is 94.8 Å². The fourth-order valence-corrected chi connectivity index (χ4v) is 2.94. The van der Waals surface area contributed by atoms with E-state index in [0.29, 0.717) is 6.04 Å². The van der Waals surface area contributed by atoms with Crippen LogP contribution in [0, 0.1) is 0 Å². The van der Waals surface area contributed by atoms with Crippen LogP contribution in [0.2, 0.25) is 0 Å². The SMILES string of the molecule is CCCC(NCC)C1(OCC)CCCC1. The maximum atomic E-state index is 6.10. The highest BCUT2D eigenvalue weighted by molar-refractivity contribution is 4.96. The molecule has 1 aliphatic carbocycles. The summed E-state index contributed by atoms with van der Waals surface area (Å²) in [6, 6.07) is 0.565. The van der Waals surface area contributed by atoms with Crippen LogP contribution in [0.3, 0.4) is 0 Å². The first-order valence-electron chi connectivity index (χ1n) is 6.66. The van der Waals surface area contributed by atoms with Crippen molar-refractivity contribution in [1.82, 2.24) is 5.32 Å². The molecule has 1 rings (SSSR count). The number of nitrogens with one attached hydrogen (secondary N) is 1. The Balaban J connectivity index is 2.64. The number of hydrogen-bond acceptors (Lipinski definition) is 2. The van der Waals surface area contributed by atoms with Gasteiger partial charge in [0.15, 0.2) is 0 Å². The van der Waals surface area contributed by atoms with Gasteiger partial charge in [0.2, 0.25) is 0 Å². The lowest BCUT2D eigenvalue weighted by Crippen LogP contribution is -2.50. The van der Waals surface area contributed by atoms with Crippen molar-refractivity contribution in [2.24, 2.45) is 0 Å². The van der Waals surface area contributed by atoms with Gasteiger partial charge in [-0.3, -0.25) is 0 Å². The van der Waals surface area contributed by atoms with E-state index in [-0.39, 0.29) is 5.60 Å². The van der Waals surface area contributed by atoms with Crippen LogP contribution in [0.4, 0.5) is 0 Å². The highest BCUT2D eigenvalue weighted by atomic mass is 16.5. The van der Waals surface area contributed by atoms with Crippen molar-refractivity contribution in [3.8, 4) is 0 Å². The zero-order valence-electron chi connectivity index (χ0n) is 10.6. The average Bonchev–Trinajstić information content (AvgIpc) is 2.68. The van der Waals surface area contributed by atoms with E-state index in [2.05, 4.69) is 26.1 Å². The second kappa shape index (κ2) is 6.49. The third-order valence-corrected chi connectivity index (χ3v) is 3.54. The molecule has 0 aromatic carbocycles. The van der Waals surface area contributed by atoms with E-state index in [1.54, 1.807) is 0 Å². The van der Waals surface area contributed by atoms with E-state index in [0.717, 1.165) is 13.2 Å². The predicted octanol–water partition coefficient (Wildman–Crippen LogP) is 3.11. The van der Waals surface area contributed by atoms with Gasteiger partial charge in [-0.1, -0.05) is 33.1 Å². The van der Waals surface area contributed by atoms with Crippen LogP contribution >= 0.6 is 0 Å². The van der Waals surface area contributed by atoms with Crippen LogP contribution in [-0.4, -0.2) is 24.8 Å². The summed E-state index contributed by atoms with van der Waals surface area (Å²) in [5, 5.41) is 3.63. The molecule has 1 atom stereocenters. The van der Waals surface area contributed by atoms with E-state index < -0.39 is 0 Å². The molecule has 0 radical (unpaired) electrons. The second-order valence-corrected chi connectivity index (χ2v) is 4.60. The smallest absolute Gasteiger partial charge is 0.0834 e. The Kier molecular flexibility index (Phi) is 5.62. The summed E-state index contributed by atoms with van der Waals surface area (Å²) in [7, 11) is 0. The monoisotopic (exact) mass is 213 g/mol. The third-order valence-electron chi connectivity index (χ3n) is 3.54. The van der Waals surface area contributed by atoms with Crippen LogP contribution in [0.1, 0.15) is 59.3 Å². The maximum absolute atomic E-state index is 6.10. The quantitative estimate of drug-likeness (QED) is 0.701. The molecule has 15 heavy (non-hydrogen) atoms. The Morgan fingerprint density at radius 3 is 2.33 bits per heavy atom. The van der Waals surface area contributed by atoms with Gasteiger partial charge in [-0.2, -0.15) is 0 Å². The molecule has 0 saturated heterocycles. The van der Waals surface area contributed by atoms with Crippen molar-refractivity contribution in [3.05, 3.63) is 0 Å². The molecular formula is C13H27NO. The number of ether oxygens (including phenoxy) is 1. The van der Waals surface area contributed by atoms with Crippen molar-refractivity contribution in [2.75, 3.05) is 13.2 Å². The van der Waals surface area contributed by atoms with Crippen molar-refractivity contribution < 1.29 is 4.74 Å². The van der Waals surface area contributed by atoms with Gasteiger partial charge in [0.1, 0.15) is 0 Å². The molecule has 90 valence electrons. The minimum absolute atomic E-state index is 0.154. The van der Waals surface area contributed by atoms with E-state index >= 15 is 0 Å². The molecule has 0 amide bonds. The molecule has 0 aliphatic heterocycles. The molecule has 1 unspecified atom stereocenters. The summed E-state index contributed by atoms with van der Waals surface area (Å²) in [5.74, 6) is 0. The molecular weight excluding hydrogens is 186 g/mol. The van der Waals surface area contributed by atoms with Gasteiger partial charge in [0.05, 0.1) is 5.60 Å². The largest absolute Gasteiger partial charge is 0.374 e. The fraction of sp³-hybridized carbons (Fsp3) is 1.00. The third kappa shape index (κ3) is 3.18. The highest BCUT2D eigenvalue weighted by Crippen LogP contribution is 2.37. The van der Waals surface area contributed by atoms with E-state index in [9.17, 15) is 0 Å². The standard InChI is InChI=1S/C13H27NO/c1-4-9-12(14-5-2)13(15-6-3)10-7-8-11-13/h12,14H,4-11H2,1-3H3. The van der Waals surface area contributed by atoms with E-state index in [1.165, 1.54) is 38.5 Å². The first-order valence-corrected chi connectivity index (χ1v) is 6.66. The van der Waals surface area contributed by atoms with Gasteiger partial charge in [0.25, 0.3) is 0 Å². The lowest BCUT2D eigenvalue weighted by molar-refractivity contribution is -0.0630. The summed E-state index contributed by atoms with van der Waals surface area (Å²) >= 11 is 0. The summed E-state index contributed by atoms with van der Waals surface area (Å²) in [6.07, 6.45) is 7.66. The highest BCUT2D eigenvalue weighted by Gasteiger charge is 2.41. The van der Waals surface area contributed by atoms with E-state index in [4.69, 9.17) is 4.74 Å². The van der Waals surface area contributed by atoms with Gasteiger partial charge >= 0.3 is 0 Å². The van der Waals surface area contributed by atoms with Gasteiger partial charge in [-0.25, -0.2) is 0 Å². The van der Waals surface area contributed by atoms with Crippen LogP contribution in [0.25, 0.3) is 0 Å². The fourth-order valence-electron chi connectivity index (χ4n) is 2.94. The lowest BCUT2D eigenvalue weighted by atomic mass is 9.88. The minimum Gasteiger partial charge on any atom is -0.374 e. The van der Waals surface area contributed by atoms with Gasteiger partial charge in [0, 0.05) is 12.6 Å². The van der Waals surface area contributed by atoms with Crippen LogP contribution in [0.15, 0.2) is 0 Å². The Morgan fingerprint density at radius 2 is 1.87 bits per heavy atom. The maximum Gasteiger partial charge on any atom is 0.0834 e. The van der Waals surface area contributed by atoms with Gasteiger partial charge in [-0.05, 0) is 32.7 Å². The summed E-state index contributed by atoms with van der Waals surface area (Å²) in [4.78, 5) is 0. The molecule has 2 heteroatoms. The van der Waals surface area contributed by atoms with E-state index in [1.807, 2.05) is 0 Å². The molecule has 1 saturated carbocycles. The van der Waals surface area contributed by atoms with Crippen LogP contribution < -0.4 is 5.32 Å². The lowest BCUT2D eigenvalue weighted by Gasteiger charge is -2.38. The second-order valence-electron chi connectivity index (χ2n) is 4.60. The Hall–Kier alpha value is -0.0800. The van der Waals surface area contributed by atoms with Crippen molar-refractivity contribution in [1.29, 1.82) is 0 Å². The van der Waals surface area contributed by atoms with Crippen molar-refractivity contribution in [3.63, 3.8) is 0 Å². The molecule has 0 spiro atoms. The Bertz CT molecular complexity index is 158. The molecule has 1 fully saturated rings.